The van der Waals surface area contributed by atoms with Crippen molar-refractivity contribution in [3.63, 3.8) is 0 Å². The molecule has 192 valence electrons. The molecule has 1 atom stereocenters. The van der Waals surface area contributed by atoms with Crippen LogP contribution in [-0.2, 0) is 21.1 Å². The Labute approximate surface area is 216 Å². The van der Waals surface area contributed by atoms with E-state index in [1.807, 2.05) is 18.2 Å². The summed E-state index contributed by atoms with van der Waals surface area (Å²) in [6.07, 6.45) is 3.58. The average molecular weight is 533 g/mol. The van der Waals surface area contributed by atoms with E-state index in [9.17, 15) is 13.2 Å². The molecule has 0 saturated heterocycles. The minimum absolute atomic E-state index is 0.244. The minimum atomic E-state index is -3.25. The van der Waals surface area contributed by atoms with E-state index in [0.29, 0.717) is 42.4 Å². The third-order valence-corrected chi connectivity index (χ3v) is 6.81. The van der Waals surface area contributed by atoms with Crippen LogP contribution < -0.4 is 14.2 Å². The minimum Gasteiger partial charge on any atom is -0.493 e. The Bertz CT molecular complexity index is 1260. The van der Waals surface area contributed by atoms with Crippen molar-refractivity contribution in [3.05, 3.63) is 77.9 Å². The third kappa shape index (κ3) is 7.90. The van der Waals surface area contributed by atoms with Crippen LogP contribution in [0.1, 0.15) is 36.3 Å². The largest absolute Gasteiger partial charge is 0.493 e. The Kier molecular flexibility index (Phi) is 9.61. The molecule has 0 spiro atoms. The molecule has 0 radical (unpaired) electrons. The summed E-state index contributed by atoms with van der Waals surface area (Å²) in [5.74, 6) is 1.52. The quantitative estimate of drug-likeness (QED) is 0.211. The van der Waals surface area contributed by atoms with Crippen LogP contribution in [0, 0.1) is 0 Å². The highest BCUT2D eigenvalue weighted by Gasteiger charge is 2.15. The number of aliphatic carboxylic acids is 1. The summed E-state index contributed by atoms with van der Waals surface area (Å²) >= 11 is 5.82. The highest BCUT2D eigenvalue weighted by molar-refractivity contribution is 7.90. The number of hydrogen-bond acceptors (Lipinski definition) is 6. The molecule has 7 nitrogen and oxygen atoms in total. The first-order chi connectivity index (χ1) is 17.2. The Morgan fingerprint density at radius 3 is 2.14 bits per heavy atom. The molecule has 0 fully saturated rings. The van der Waals surface area contributed by atoms with Gasteiger partial charge in [-0.25, -0.2) is 8.42 Å². The zero-order valence-electron chi connectivity index (χ0n) is 20.1. The Hall–Kier alpha value is -3.23. The molecule has 3 aromatic rings. The number of ether oxygens (including phenoxy) is 3. The van der Waals surface area contributed by atoms with E-state index in [4.69, 9.17) is 30.9 Å². The second-order valence-corrected chi connectivity index (χ2v) is 10.6. The molecule has 0 aliphatic rings. The molecule has 9 heteroatoms. The molecule has 0 bridgehead atoms. The summed E-state index contributed by atoms with van der Waals surface area (Å²) in [4.78, 5) is 11.2. The van der Waals surface area contributed by atoms with E-state index >= 15 is 0 Å². The van der Waals surface area contributed by atoms with Crippen LogP contribution in [0.2, 0.25) is 0 Å². The topological polar surface area (TPSA) is 99.1 Å². The van der Waals surface area contributed by atoms with Gasteiger partial charge in [0.05, 0.1) is 18.1 Å². The van der Waals surface area contributed by atoms with Gasteiger partial charge in [0.25, 0.3) is 0 Å². The lowest BCUT2D eigenvalue weighted by atomic mass is 10.1. The third-order valence-electron chi connectivity index (χ3n) is 5.24. The van der Waals surface area contributed by atoms with Gasteiger partial charge in [-0.15, -0.1) is 11.6 Å². The summed E-state index contributed by atoms with van der Waals surface area (Å²) in [5.41, 5.74) is 1.52. The highest BCUT2D eigenvalue weighted by atomic mass is 35.5. The van der Waals surface area contributed by atoms with Gasteiger partial charge in [0.2, 0.25) is 0 Å². The predicted molar refractivity (Wildman–Crippen MR) is 138 cm³/mol. The van der Waals surface area contributed by atoms with Crippen molar-refractivity contribution < 1.29 is 32.5 Å². The molecule has 0 aliphatic carbocycles. The molecule has 0 aliphatic heterocycles. The number of sulfone groups is 1. The van der Waals surface area contributed by atoms with E-state index in [2.05, 4.69) is 6.92 Å². The van der Waals surface area contributed by atoms with Crippen molar-refractivity contribution in [2.24, 2.45) is 0 Å². The lowest BCUT2D eigenvalue weighted by molar-refractivity contribution is -0.136. The normalized spacial score (nSPS) is 12.1. The number of carbonyl (C=O) groups is 1. The van der Waals surface area contributed by atoms with Crippen molar-refractivity contribution >= 4 is 27.4 Å². The standard InChI is InChI=1S/C27H29ClO7S/c1-3-5-20-18-23(35-22-10-13-24(14-11-22)36(2,31)32)12-15-25(20)34-17-4-16-33-21-8-6-19(7-9-21)26(28)27(29)30/h6-15,18,26H,3-5,16-17H2,1-2H3,(H,29,30). The van der Waals surface area contributed by atoms with Crippen molar-refractivity contribution in [1.82, 2.24) is 0 Å². The van der Waals surface area contributed by atoms with Gasteiger partial charge in [0.15, 0.2) is 15.2 Å². The lowest BCUT2D eigenvalue weighted by Gasteiger charge is -2.14. The van der Waals surface area contributed by atoms with Crippen LogP contribution in [-0.4, -0.2) is 39.0 Å². The van der Waals surface area contributed by atoms with Gasteiger partial charge in [0, 0.05) is 12.7 Å². The fourth-order valence-electron chi connectivity index (χ4n) is 3.42. The molecular weight excluding hydrogens is 504 g/mol. The number of carboxylic acid groups (broad SMARTS) is 1. The van der Waals surface area contributed by atoms with Gasteiger partial charge in [-0.1, -0.05) is 25.5 Å². The van der Waals surface area contributed by atoms with E-state index in [1.165, 1.54) is 18.4 Å². The number of aryl methyl sites for hydroxylation is 1. The zero-order valence-corrected chi connectivity index (χ0v) is 21.7. The van der Waals surface area contributed by atoms with Gasteiger partial charge < -0.3 is 19.3 Å². The number of alkyl halides is 1. The highest BCUT2D eigenvalue weighted by Crippen LogP contribution is 2.30. The number of benzene rings is 3. The van der Waals surface area contributed by atoms with Crippen molar-refractivity contribution in [2.75, 3.05) is 19.5 Å². The molecule has 1 N–H and O–H groups in total. The van der Waals surface area contributed by atoms with E-state index in [1.54, 1.807) is 36.4 Å². The van der Waals surface area contributed by atoms with Crippen LogP contribution in [0.4, 0.5) is 0 Å². The first kappa shape index (κ1) is 27.4. The monoisotopic (exact) mass is 532 g/mol. The van der Waals surface area contributed by atoms with Crippen LogP contribution in [0.15, 0.2) is 71.6 Å². The molecule has 0 amide bonds. The second kappa shape index (κ2) is 12.6. The molecule has 3 aromatic carbocycles. The van der Waals surface area contributed by atoms with E-state index < -0.39 is 21.2 Å². The van der Waals surface area contributed by atoms with Crippen LogP contribution in [0.5, 0.6) is 23.0 Å². The van der Waals surface area contributed by atoms with Crippen LogP contribution in [0.25, 0.3) is 0 Å². The molecule has 36 heavy (non-hydrogen) atoms. The Morgan fingerprint density at radius 1 is 0.917 bits per heavy atom. The SMILES string of the molecule is CCCc1cc(Oc2ccc(S(C)(=O)=O)cc2)ccc1OCCCOc1ccc(C(Cl)C(=O)O)cc1. The molecule has 0 saturated carbocycles. The van der Waals surface area contributed by atoms with Gasteiger partial charge in [-0.2, -0.15) is 0 Å². The van der Waals surface area contributed by atoms with E-state index in [-0.39, 0.29) is 4.90 Å². The fraction of sp³-hybridized carbons (Fsp3) is 0.296. The van der Waals surface area contributed by atoms with Gasteiger partial charge in [-0.05, 0) is 72.1 Å². The number of carboxylic acids is 1. The molecule has 0 heterocycles. The molecule has 1 unspecified atom stereocenters. The zero-order chi connectivity index (χ0) is 26.1. The summed E-state index contributed by atoms with van der Waals surface area (Å²) in [5, 5.41) is 7.88. The number of hydrogen-bond donors (Lipinski definition) is 1. The summed E-state index contributed by atoms with van der Waals surface area (Å²) in [6, 6.07) is 18.6. The molecule has 3 rings (SSSR count). The van der Waals surface area contributed by atoms with Crippen LogP contribution in [0.3, 0.4) is 0 Å². The van der Waals surface area contributed by atoms with E-state index in [0.717, 1.165) is 24.2 Å². The first-order valence-corrected chi connectivity index (χ1v) is 13.8. The summed E-state index contributed by atoms with van der Waals surface area (Å²) in [7, 11) is -3.25. The first-order valence-electron chi connectivity index (χ1n) is 11.5. The molecule has 0 aromatic heterocycles. The van der Waals surface area contributed by atoms with Gasteiger partial charge in [-0.3, -0.25) is 4.79 Å². The number of halogens is 1. The van der Waals surface area contributed by atoms with Gasteiger partial charge >= 0.3 is 5.97 Å². The fourth-order valence-corrected chi connectivity index (χ4v) is 4.20. The number of rotatable bonds is 13. The van der Waals surface area contributed by atoms with Crippen molar-refractivity contribution in [1.29, 1.82) is 0 Å². The maximum Gasteiger partial charge on any atom is 0.326 e. The maximum atomic E-state index is 11.6. The summed E-state index contributed by atoms with van der Waals surface area (Å²) < 4.78 is 40.8. The van der Waals surface area contributed by atoms with Crippen molar-refractivity contribution in [3.8, 4) is 23.0 Å². The molecular formula is C27H29ClO7S. The van der Waals surface area contributed by atoms with Gasteiger partial charge in [0.1, 0.15) is 23.0 Å². The predicted octanol–water partition coefficient (Wildman–Crippen LogP) is 6.05. The average Bonchev–Trinajstić information content (AvgIpc) is 2.85. The van der Waals surface area contributed by atoms with Crippen LogP contribution >= 0.6 is 11.6 Å². The Balaban J connectivity index is 1.52. The smallest absolute Gasteiger partial charge is 0.326 e. The van der Waals surface area contributed by atoms with Crippen molar-refractivity contribution in [2.45, 2.75) is 36.5 Å². The Morgan fingerprint density at radius 2 is 1.53 bits per heavy atom. The lowest BCUT2D eigenvalue weighted by Crippen LogP contribution is -2.07. The summed E-state index contributed by atoms with van der Waals surface area (Å²) in [6.45, 7) is 2.99. The second-order valence-electron chi connectivity index (χ2n) is 8.19. The maximum absolute atomic E-state index is 11.6.